The topological polar surface area (TPSA) is 67.4 Å². The van der Waals surface area contributed by atoms with Crippen molar-refractivity contribution in [3.63, 3.8) is 0 Å². The summed E-state index contributed by atoms with van der Waals surface area (Å²) in [4.78, 5) is 25.4. The fourth-order valence-electron chi connectivity index (χ4n) is 3.36. The fourth-order valence-corrected chi connectivity index (χ4v) is 3.36. The van der Waals surface area contributed by atoms with Gasteiger partial charge < -0.3 is 15.4 Å². The minimum absolute atomic E-state index is 0.0390. The lowest BCUT2D eigenvalue weighted by molar-refractivity contribution is -0.124. The van der Waals surface area contributed by atoms with Gasteiger partial charge in [0.25, 0.3) is 5.91 Å². The van der Waals surface area contributed by atoms with Crippen molar-refractivity contribution in [2.75, 3.05) is 7.11 Å². The van der Waals surface area contributed by atoms with E-state index < -0.39 is 6.04 Å². The minimum atomic E-state index is -0.609. The second-order valence-corrected chi connectivity index (χ2v) is 7.83. The van der Waals surface area contributed by atoms with E-state index in [1.807, 2.05) is 75.4 Å². The highest BCUT2D eigenvalue weighted by atomic mass is 16.5. The van der Waals surface area contributed by atoms with Crippen molar-refractivity contribution >= 4 is 22.6 Å². The normalized spacial score (nSPS) is 11.9. The molecule has 0 aliphatic rings. The molecule has 0 saturated carbocycles. The number of benzene rings is 3. The predicted molar refractivity (Wildman–Crippen MR) is 120 cm³/mol. The van der Waals surface area contributed by atoms with Crippen LogP contribution in [0.1, 0.15) is 35.3 Å². The summed E-state index contributed by atoms with van der Waals surface area (Å²) < 4.78 is 5.26. The molecule has 0 saturated heterocycles. The van der Waals surface area contributed by atoms with Crippen LogP contribution in [0.15, 0.2) is 60.7 Å². The predicted octanol–water partition coefficient (Wildman–Crippen LogP) is 4.23. The molecule has 0 radical (unpaired) electrons. The Bertz CT molecular complexity index is 1060. The Balaban J connectivity index is 1.66. The molecule has 3 aromatic carbocycles. The first-order valence-corrected chi connectivity index (χ1v) is 10.1. The molecule has 2 N–H and O–H groups in total. The molecule has 5 nitrogen and oxygen atoms in total. The molecule has 1 atom stereocenters. The lowest BCUT2D eigenvalue weighted by atomic mass is 10.0. The summed E-state index contributed by atoms with van der Waals surface area (Å²) in [5, 5.41) is 7.99. The van der Waals surface area contributed by atoms with Crippen LogP contribution in [0, 0.1) is 12.8 Å². The van der Waals surface area contributed by atoms with Crippen molar-refractivity contribution in [1.82, 2.24) is 10.6 Å². The molecule has 3 aromatic rings. The Labute approximate surface area is 177 Å². The second kappa shape index (κ2) is 9.44. The number of methoxy groups -OCH3 is 1. The van der Waals surface area contributed by atoms with Crippen molar-refractivity contribution in [1.29, 1.82) is 0 Å². The van der Waals surface area contributed by atoms with Crippen LogP contribution in [-0.2, 0) is 11.3 Å². The third-order valence-corrected chi connectivity index (χ3v) is 5.09. The monoisotopic (exact) mass is 404 g/mol. The van der Waals surface area contributed by atoms with Crippen molar-refractivity contribution in [3.8, 4) is 5.75 Å². The molecular formula is C25H28N2O3. The minimum Gasteiger partial charge on any atom is -0.497 e. The van der Waals surface area contributed by atoms with Gasteiger partial charge in [0.2, 0.25) is 5.91 Å². The maximum absolute atomic E-state index is 12.8. The van der Waals surface area contributed by atoms with Crippen molar-refractivity contribution in [2.24, 2.45) is 5.92 Å². The van der Waals surface area contributed by atoms with Crippen molar-refractivity contribution in [3.05, 3.63) is 77.4 Å². The van der Waals surface area contributed by atoms with E-state index in [1.165, 1.54) is 0 Å². The van der Waals surface area contributed by atoms with E-state index in [0.717, 1.165) is 27.6 Å². The number of amides is 2. The Hall–Kier alpha value is -3.34. The summed E-state index contributed by atoms with van der Waals surface area (Å²) in [6, 6.07) is 18.7. The smallest absolute Gasteiger partial charge is 0.251 e. The van der Waals surface area contributed by atoms with Crippen molar-refractivity contribution in [2.45, 2.75) is 33.4 Å². The van der Waals surface area contributed by atoms with E-state index in [4.69, 9.17) is 4.74 Å². The molecule has 0 aromatic heterocycles. The van der Waals surface area contributed by atoms with Gasteiger partial charge in [-0.05, 0) is 59.5 Å². The van der Waals surface area contributed by atoms with Gasteiger partial charge in [0.05, 0.1) is 7.11 Å². The van der Waals surface area contributed by atoms with E-state index in [2.05, 4.69) is 10.6 Å². The Morgan fingerprint density at radius 2 is 1.70 bits per heavy atom. The lowest BCUT2D eigenvalue weighted by Gasteiger charge is -2.22. The Morgan fingerprint density at radius 1 is 0.967 bits per heavy atom. The van der Waals surface area contributed by atoms with E-state index in [9.17, 15) is 9.59 Å². The Kier molecular flexibility index (Phi) is 6.72. The molecule has 0 fully saturated rings. The average Bonchev–Trinajstić information content (AvgIpc) is 2.74. The first kappa shape index (κ1) is 21.4. The number of hydrogen-bond donors (Lipinski definition) is 2. The molecular weight excluding hydrogens is 376 g/mol. The van der Waals surface area contributed by atoms with Crippen LogP contribution in [-0.4, -0.2) is 25.0 Å². The van der Waals surface area contributed by atoms with Gasteiger partial charge >= 0.3 is 0 Å². The summed E-state index contributed by atoms with van der Waals surface area (Å²) in [6.45, 7) is 6.17. The summed E-state index contributed by atoms with van der Waals surface area (Å²) >= 11 is 0. The standard InChI is InChI=1S/C25H28N2O3/c1-16(2)23(27-24(28)21-7-5-6-17(3)12-21)25(29)26-15-18-8-9-20-14-22(30-4)11-10-19(20)13-18/h5-14,16,23H,15H2,1-4H3,(H,26,29)(H,27,28)/t23-/m0/s1. The van der Waals surface area contributed by atoms with Crippen LogP contribution in [0.25, 0.3) is 10.8 Å². The van der Waals surface area contributed by atoms with Gasteiger partial charge in [-0.25, -0.2) is 0 Å². The number of nitrogens with one attached hydrogen (secondary N) is 2. The molecule has 5 heteroatoms. The fraction of sp³-hybridized carbons (Fsp3) is 0.280. The van der Waals surface area contributed by atoms with Crippen LogP contribution in [0.4, 0.5) is 0 Å². The summed E-state index contributed by atoms with van der Waals surface area (Å²) in [5.41, 5.74) is 2.55. The number of aryl methyl sites for hydroxylation is 1. The maximum Gasteiger partial charge on any atom is 0.251 e. The zero-order valence-electron chi connectivity index (χ0n) is 17.9. The van der Waals surface area contributed by atoms with Gasteiger partial charge in [-0.15, -0.1) is 0 Å². The molecule has 2 amide bonds. The molecule has 0 spiro atoms. The lowest BCUT2D eigenvalue weighted by Crippen LogP contribution is -2.49. The number of ether oxygens (including phenoxy) is 1. The van der Waals surface area contributed by atoms with E-state index in [1.54, 1.807) is 13.2 Å². The van der Waals surface area contributed by atoms with Crippen molar-refractivity contribution < 1.29 is 14.3 Å². The SMILES string of the molecule is COc1ccc2cc(CNC(=O)[C@@H](NC(=O)c3cccc(C)c3)C(C)C)ccc2c1. The zero-order chi connectivity index (χ0) is 21.7. The highest BCUT2D eigenvalue weighted by Crippen LogP contribution is 2.22. The second-order valence-electron chi connectivity index (χ2n) is 7.83. The van der Waals surface area contributed by atoms with Crippen LogP contribution >= 0.6 is 0 Å². The molecule has 0 heterocycles. The van der Waals surface area contributed by atoms with E-state index >= 15 is 0 Å². The van der Waals surface area contributed by atoms with E-state index in [-0.39, 0.29) is 17.7 Å². The van der Waals surface area contributed by atoms with Gasteiger partial charge in [0.15, 0.2) is 0 Å². The summed E-state index contributed by atoms with van der Waals surface area (Å²) in [7, 11) is 1.65. The quantitative estimate of drug-likeness (QED) is 0.619. The maximum atomic E-state index is 12.8. The molecule has 0 aliphatic heterocycles. The van der Waals surface area contributed by atoms with Crippen LogP contribution in [0.2, 0.25) is 0 Å². The molecule has 0 aliphatic carbocycles. The largest absolute Gasteiger partial charge is 0.497 e. The highest BCUT2D eigenvalue weighted by molar-refractivity contribution is 5.97. The van der Waals surface area contributed by atoms with Gasteiger partial charge in [-0.1, -0.05) is 49.7 Å². The molecule has 3 rings (SSSR count). The first-order chi connectivity index (χ1) is 14.4. The highest BCUT2D eigenvalue weighted by Gasteiger charge is 2.24. The van der Waals surface area contributed by atoms with Gasteiger partial charge in [0.1, 0.15) is 11.8 Å². The summed E-state index contributed by atoms with van der Waals surface area (Å²) in [6.07, 6.45) is 0. The number of carbonyl (C=O) groups is 2. The van der Waals surface area contributed by atoms with Gasteiger partial charge in [-0.3, -0.25) is 9.59 Å². The van der Waals surface area contributed by atoms with Gasteiger partial charge in [0, 0.05) is 12.1 Å². The van der Waals surface area contributed by atoms with Crippen LogP contribution in [0.3, 0.4) is 0 Å². The summed E-state index contributed by atoms with van der Waals surface area (Å²) in [5.74, 6) is 0.337. The number of rotatable bonds is 7. The zero-order valence-corrected chi connectivity index (χ0v) is 17.9. The van der Waals surface area contributed by atoms with Crippen LogP contribution in [0.5, 0.6) is 5.75 Å². The molecule has 0 unspecified atom stereocenters. The Morgan fingerprint density at radius 3 is 2.40 bits per heavy atom. The third-order valence-electron chi connectivity index (χ3n) is 5.09. The van der Waals surface area contributed by atoms with Crippen LogP contribution < -0.4 is 15.4 Å². The van der Waals surface area contributed by atoms with Gasteiger partial charge in [-0.2, -0.15) is 0 Å². The number of carbonyl (C=O) groups excluding carboxylic acids is 2. The number of fused-ring (bicyclic) bond motifs is 1. The first-order valence-electron chi connectivity index (χ1n) is 10.1. The number of hydrogen-bond acceptors (Lipinski definition) is 3. The van der Waals surface area contributed by atoms with E-state index in [0.29, 0.717) is 12.1 Å². The molecule has 156 valence electrons. The average molecular weight is 405 g/mol. The molecule has 30 heavy (non-hydrogen) atoms. The third kappa shape index (κ3) is 5.17. The molecule has 0 bridgehead atoms.